The van der Waals surface area contributed by atoms with E-state index in [0.717, 1.165) is 32.6 Å². The molecular weight excluding hydrogens is 437 g/mol. The Bertz CT molecular complexity index is 1120. The third-order valence-electron chi connectivity index (χ3n) is 7.51. The summed E-state index contributed by atoms with van der Waals surface area (Å²) in [7, 11) is -1.10. The van der Waals surface area contributed by atoms with E-state index in [9.17, 15) is 19.7 Å². The van der Waals surface area contributed by atoms with Crippen LogP contribution in [0.25, 0.3) is 0 Å². The highest BCUT2D eigenvalue weighted by atomic mass is 32.1. The lowest BCUT2D eigenvalue weighted by Crippen LogP contribution is -2.44. The van der Waals surface area contributed by atoms with Crippen molar-refractivity contribution in [2.24, 2.45) is 17.8 Å². The lowest BCUT2D eigenvalue weighted by molar-refractivity contribution is -0.140. The number of phenols is 1. The zero-order chi connectivity index (χ0) is 23.4. The molecule has 3 aliphatic rings. The topological polar surface area (TPSA) is 87.1 Å². The van der Waals surface area contributed by atoms with Gasteiger partial charge in [0.15, 0.2) is 0 Å². The van der Waals surface area contributed by atoms with Gasteiger partial charge in [-0.3, -0.25) is 14.5 Å². The van der Waals surface area contributed by atoms with Gasteiger partial charge in [0.05, 0.1) is 24.5 Å². The Morgan fingerprint density at radius 3 is 2.55 bits per heavy atom. The van der Waals surface area contributed by atoms with Crippen LogP contribution >= 0.6 is 11.3 Å². The second kappa shape index (κ2) is 8.42. The number of fused-ring (bicyclic) bond motifs is 3. The molecule has 5 rings (SSSR count). The summed E-state index contributed by atoms with van der Waals surface area (Å²) in [4.78, 5) is 29.3. The van der Waals surface area contributed by atoms with E-state index in [0.29, 0.717) is 25.8 Å². The second-order valence-electron chi connectivity index (χ2n) is 9.41. The molecule has 1 aromatic carbocycles. The number of thiophene rings is 1. The minimum absolute atomic E-state index is 0.0998. The Balaban J connectivity index is 1.51. The number of aryl methyl sites for hydroxylation is 2. The number of phenolic OH excluding ortho intramolecular Hbond substituents is 1. The Morgan fingerprint density at radius 2 is 1.91 bits per heavy atom. The molecule has 8 heteroatoms. The fourth-order valence-corrected chi connectivity index (χ4v) is 6.61. The maximum Gasteiger partial charge on any atom is 0.487 e. The predicted octanol–water partition coefficient (Wildman–Crippen LogP) is 4.08. The number of rotatable bonds is 4. The van der Waals surface area contributed by atoms with E-state index in [2.05, 4.69) is 0 Å². The van der Waals surface area contributed by atoms with Crippen molar-refractivity contribution in [3.05, 3.63) is 62.3 Å². The average Bonchev–Trinajstić information content (AvgIpc) is 3.39. The lowest BCUT2D eigenvalue weighted by Gasteiger charge is -2.42. The van der Waals surface area contributed by atoms with Crippen molar-refractivity contribution in [1.82, 2.24) is 4.90 Å². The van der Waals surface area contributed by atoms with E-state index < -0.39 is 19.1 Å². The van der Waals surface area contributed by atoms with E-state index in [1.165, 1.54) is 16.2 Å². The summed E-state index contributed by atoms with van der Waals surface area (Å²) in [5.74, 6) is -1.08. The highest BCUT2D eigenvalue weighted by Crippen LogP contribution is 2.52. The molecule has 1 aliphatic carbocycles. The van der Waals surface area contributed by atoms with Crippen LogP contribution in [0.1, 0.15) is 53.9 Å². The van der Waals surface area contributed by atoms with Crippen LogP contribution in [-0.4, -0.2) is 34.0 Å². The maximum absolute atomic E-state index is 13.6. The third kappa shape index (κ3) is 3.65. The van der Waals surface area contributed by atoms with Crippen molar-refractivity contribution in [3.63, 3.8) is 0 Å². The fourth-order valence-electron chi connectivity index (χ4n) is 5.92. The summed E-state index contributed by atoms with van der Waals surface area (Å²) in [5, 5.41) is 23.2. The average molecular weight is 465 g/mol. The van der Waals surface area contributed by atoms with Gasteiger partial charge < -0.3 is 14.8 Å². The van der Waals surface area contributed by atoms with Gasteiger partial charge in [-0.2, -0.15) is 0 Å². The van der Waals surface area contributed by atoms with Crippen molar-refractivity contribution in [2.75, 3.05) is 0 Å². The minimum atomic E-state index is -1.10. The first-order valence-corrected chi connectivity index (χ1v) is 12.4. The summed E-state index contributed by atoms with van der Waals surface area (Å²) in [5.41, 5.74) is 4.18. The molecule has 3 heterocycles. The number of carbonyl (C=O) groups excluding carboxylic acids is 2. The van der Waals surface area contributed by atoms with Gasteiger partial charge in [-0.15, -0.1) is 11.3 Å². The van der Waals surface area contributed by atoms with Crippen LogP contribution < -0.4 is 0 Å². The number of likely N-dealkylation sites (tertiary alicyclic amines) is 1. The zero-order valence-corrected chi connectivity index (χ0v) is 19.9. The van der Waals surface area contributed by atoms with Gasteiger partial charge in [0, 0.05) is 4.88 Å². The molecule has 0 radical (unpaired) electrons. The number of carbonyl (C=O) groups is 2. The number of imide groups is 1. The SMILES string of the molecule is CCC1=C2B(O)O[C@H](c3cc(C)c(O)c(C)c3)C[C@H]2[C@H]2C(=O)N(Cc3cccs3)C(=O)[C@H]2C1. The van der Waals surface area contributed by atoms with Crippen LogP contribution in [0.4, 0.5) is 0 Å². The number of allylic oxidation sites excluding steroid dienone is 2. The van der Waals surface area contributed by atoms with E-state index in [1.54, 1.807) is 0 Å². The van der Waals surface area contributed by atoms with Gasteiger partial charge in [-0.25, -0.2) is 0 Å². The van der Waals surface area contributed by atoms with Crippen molar-refractivity contribution < 1.29 is 24.4 Å². The molecule has 2 amide bonds. The number of nitrogens with zero attached hydrogens (tertiary/aromatic N) is 1. The van der Waals surface area contributed by atoms with Gasteiger partial charge in [-0.1, -0.05) is 18.6 Å². The number of hydrogen-bond donors (Lipinski definition) is 2. The summed E-state index contributed by atoms with van der Waals surface area (Å²) in [6.07, 6.45) is 1.32. The van der Waals surface area contributed by atoms with Gasteiger partial charge >= 0.3 is 7.12 Å². The van der Waals surface area contributed by atoms with Crippen molar-refractivity contribution >= 4 is 30.3 Å². The van der Waals surface area contributed by atoms with Crippen LogP contribution in [-0.2, 0) is 20.8 Å². The van der Waals surface area contributed by atoms with Crippen LogP contribution in [0, 0.1) is 31.6 Å². The molecule has 0 bridgehead atoms. The summed E-state index contributed by atoms with van der Waals surface area (Å²) in [6.45, 7) is 6.01. The number of amides is 2. The van der Waals surface area contributed by atoms with E-state index in [1.807, 2.05) is 50.4 Å². The molecule has 2 N–H and O–H groups in total. The third-order valence-corrected chi connectivity index (χ3v) is 8.37. The van der Waals surface area contributed by atoms with E-state index in [4.69, 9.17) is 4.65 Å². The van der Waals surface area contributed by atoms with Gasteiger partial charge in [-0.05, 0) is 84.8 Å². The highest BCUT2D eigenvalue weighted by molar-refractivity contribution is 7.09. The van der Waals surface area contributed by atoms with Crippen LogP contribution in [0.2, 0.25) is 0 Å². The Hall–Kier alpha value is -2.42. The number of benzene rings is 1. The Kier molecular flexibility index (Phi) is 5.71. The van der Waals surface area contributed by atoms with Gasteiger partial charge in [0.1, 0.15) is 5.75 Å². The number of hydrogen-bond acceptors (Lipinski definition) is 6. The van der Waals surface area contributed by atoms with E-state index >= 15 is 0 Å². The number of aromatic hydroxyl groups is 1. The van der Waals surface area contributed by atoms with Gasteiger partial charge in [0.2, 0.25) is 11.8 Å². The monoisotopic (exact) mass is 465 g/mol. The molecule has 4 atom stereocenters. The lowest BCUT2D eigenvalue weighted by atomic mass is 9.55. The van der Waals surface area contributed by atoms with Crippen LogP contribution in [0.15, 0.2) is 40.7 Å². The first-order chi connectivity index (χ1) is 15.8. The molecule has 0 saturated carbocycles. The molecule has 2 aliphatic heterocycles. The molecule has 0 unspecified atom stereocenters. The second-order valence-corrected chi connectivity index (χ2v) is 10.4. The molecule has 172 valence electrons. The zero-order valence-electron chi connectivity index (χ0n) is 19.1. The molecule has 6 nitrogen and oxygen atoms in total. The van der Waals surface area contributed by atoms with E-state index in [-0.39, 0.29) is 29.4 Å². The summed E-state index contributed by atoms with van der Waals surface area (Å²) >= 11 is 1.54. The normalized spacial score (nSPS) is 27.3. The van der Waals surface area contributed by atoms with Crippen LogP contribution in [0.5, 0.6) is 5.75 Å². The minimum Gasteiger partial charge on any atom is -0.507 e. The van der Waals surface area contributed by atoms with Crippen LogP contribution in [0.3, 0.4) is 0 Å². The van der Waals surface area contributed by atoms with Crippen molar-refractivity contribution in [1.29, 1.82) is 0 Å². The summed E-state index contributed by atoms with van der Waals surface area (Å²) in [6, 6.07) is 7.62. The smallest absolute Gasteiger partial charge is 0.487 e. The fraction of sp³-hybridized carbons (Fsp3) is 0.440. The van der Waals surface area contributed by atoms with Crippen molar-refractivity contribution in [2.45, 2.75) is 52.7 Å². The first-order valence-electron chi connectivity index (χ1n) is 11.5. The molecule has 2 saturated heterocycles. The van der Waals surface area contributed by atoms with Crippen molar-refractivity contribution in [3.8, 4) is 5.75 Å². The predicted molar refractivity (Wildman–Crippen MR) is 126 cm³/mol. The Labute approximate surface area is 198 Å². The maximum atomic E-state index is 13.6. The first kappa shape index (κ1) is 22.4. The molecule has 0 spiro atoms. The summed E-state index contributed by atoms with van der Waals surface area (Å²) < 4.78 is 6.05. The quantitative estimate of drug-likeness (QED) is 0.525. The largest absolute Gasteiger partial charge is 0.507 e. The molecule has 1 aromatic heterocycles. The molecule has 33 heavy (non-hydrogen) atoms. The van der Waals surface area contributed by atoms with Gasteiger partial charge in [0.25, 0.3) is 0 Å². The standard InChI is InChI=1S/C25H28BNO5S/c1-4-15-10-19-21(25(30)27(24(19)29)12-17-6-5-7-33-17)18-11-20(32-26(31)22(15)18)16-8-13(2)23(28)14(3)9-16/h5-9,18-21,28,31H,4,10-12H2,1-3H3/t18-,19-,20-,21+/m0/s1. The molecular formula is C25H28BNO5S. The Morgan fingerprint density at radius 1 is 1.18 bits per heavy atom. The molecule has 2 aromatic rings. The molecule has 2 fully saturated rings. The highest BCUT2D eigenvalue weighted by Gasteiger charge is 2.57.